The first-order valence-corrected chi connectivity index (χ1v) is 10.9. The van der Waals surface area contributed by atoms with Gasteiger partial charge in [0.1, 0.15) is 6.61 Å². The van der Waals surface area contributed by atoms with Crippen LogP contribution < -0.4 is 4.74 Å². The Morgan fingerprint density at radius 3 is 2.44 bits per heavy atom. The molecule has 0 fully saturated rings. The van der Waals surface area contributed by atoms with E-state index in [1.54, 1.807) is 4.90 Å². The summed E-state index contributed by atoms with van der Waals surface area (Å²) in [6, 6.07) is 23.2. The van der Waals surface area contributed by atoms with Crippen molar-refractivity contribution < 1.29 is 22.7 Å². The molecule has 0 bridgehead atoms. The molecule has 2 heterocycles. The molecule has 0 saturated heterocycles. The second kappa shape index (κ2) is 8.82. The fourth-order valence-electron chi connectivity index (χ4n) is 4.36. The Bertz CT molecular complexity index is 1330. The molecule has 5 rings (SSSR count). The molecule has 4 aromatic rings. The summed E-state index contributed by atoms with van der Waals surface area (Å²) in [4.78, 5) is 19.3. The zero-order chi connectivity index (χ0) is 23.7. The molecule has 1 atom stereocenters. The van der Waals surface area contributed by atoms with Gasteiger partial charge in [-0.1, -0.05) is 60.7 Å². The lowest BCUT2D eigenvalue weighted by Gasteiger charge is -2.37. The van der Waals surface area contributed by atoms with Crippen LogP contribution in [0.25, 0.3) is 10.8 Å². The van der Waals surface area contributed by atoms with Gasteiger partial charge in [-0.25, -0.2) is 4.98 Å². The second-order valence-electron chi connectivity index (χ2n) is 8.28. The highest BCUT2D eigenvalue weighted by Crippen LogP contribution is 2.30. The number of carbonyl (C=O) groups excluding carboxylic acids is 1. The lowest BCUT2D eigenvalue weighted by molar-refractivity contribution is -0.137. The predicted molar refractivity (Wildman–Crippen MR) is 122 cm³/mol. The number of benzene rings is 3. The number of fused-ring (bicyclic) bond motifs is 2. The number of aromatic nitrogens is 1. The minimum Gasteiger partial charge on any atom is -0.475 e. The summed E-state index contributed by atoms with van der Waals surface area (Å²) in [5.41, 5.74) is 1.97. The molecule has 1 unspecified atom stereocenters. The highest BCUT2D eigenvalue weighted by atomic mass is 19.4. The summed E-state index contributed by atoms with van der Waals surface area (Å²) >= 11 is 0. The Balaban J connectivity index is 1.42. The molecule has 7 heteroatoms. The first kappa shape index (κ1) is 21.9. The highest BCUT2D eigenvalue weighted by Gasteiger charge is 2.33. The van der Waals surface area contributed by atoms with E-state index in [0.29, 0.717) is 18.5 Å². The molecule has 0 radical (unpaired) electrons. The van der Waals surface area contributed by atoms with Gasteiger partial charge in [0.25, 0.3) is 5.91 Å². The third-order valence-corrected chi connectivity index (χ3v) is 6.12. The first-order chi connectivity index (χ1) is 16.4. The van der Waals surface area contributed by atoms with Crippen molar-refractivity contribution in [1.82, 2.24) is 9.88 Å². The Hall–Kier alpha value is -3.87. The summed E-state index contributed by atoms with van der Waals surface area (Å²) in [7, 11) is 0. The van der Waals surface area contributed by atoms with Gasteiger partial charge in [-0.3, -0.25) is 4.79 Å². The summed E-state index contributed by atoms with van der Waals surface area (Å²) < 4.78 is 44.2. The Labute approximate surface area is 194 Å². The molecular weight excluding hydrogens is 441 g/mol. The number of pyridine rings is 1. The van der Waals surface area contributed by atoms with Crippen LogP contribution in [0.2, 0.25) is 0 Å². The summed E-state index contributed by atoms with van der Waals surface area (Å²) in [6.45, 7) is 0.538. The molecule has 34 heavy (non-hydrogen) atoms. The SMILES string of the molecule is O=C(c1cccc2ccccc12)N1Cc2ccccc2CC1COc1ccc(C(F)(F)F)cn1. The number of carbonyl (C=O) groups is 1. The van der Waals surface area contributed by atoms with E-state index in [1.165, 1.54) is 6.07 Å². The van der Waals surface area contributed by atoms with Crippen LogP contribution in [0.1, 0.15) is 27.0 Å². The number of alkyl halides is 3. The maximum atomic E-state index is 13.7. The molecular formula is C27H21F3N2O2. The van der Waals surface area contributed by atoms with E-state index in [-0.39, 0.29) is 24.4 Å². The molecule has 1 amide bonds. The maximum absolute atomic E-state index is 13.7. The van der Waals surface area contributed by atoms with Gasteiger partial charge in [0, 0.05) is 24.4 Å². The van der Waals surface area contributed by atoms with E-state index in [9.17, 15) is 18.0 Å². The number of halogens is 3. The van der Waals surface area contributed by atoms with Crippen LogP contribution >= 0.6 is 0 Å². The lowest BCUT2D eigenvalue weighted by atomic mass is 9.93. The zero-order valence-corrected chi connectivity index (χ0v) is 18.1. The number of amides is 1. The van der Waals surface area contributed by atoms with Crippen molar-refractivity contribution in [2.45, 2.75) is 25.2 Å². The smallest absolute Gasteiger partial charge is 0.417 e. The van der Waals surface area contributed by atoms with E-state index in [0.717, 1.165) is 34.2 Å². The van der Waals surface area contributed by atoms with Crippen molar-refractivity contribution in [3.8, 4) is 5.88 Å². The first-order valence-electron chi connectivity index (χ1n) is 10.9. The van der Waals surface area contributed by atoms with Gasteiger partial charge in [-0.15, -0.1) is 0 Å². The van der Waals surface area contributed by atoms with Crippen molar-refractivity contribution in [3.63, 3.8) is 0 Å². The molecule has 0 saturated carbocycles. The van der Waals surface area contributed by atoms with Gasteiger partial charge in [-0.05, 0) is 40.5 Å². The minimum atomic E-state index is -4.46. The number of hydrogen-bond donors (Lipinski definition) is 0. The van der Waals surface area contributed by atoms with E-state index >= 15 is 0 Å². The largest absolute Gasteiger partial charge is 0.475 e. The number of nitrogens with zero attached hydrogens (tertiary/aromatic N) is 2. The third-order valence-electron chi connectivity index (χ3n) is 6.12. The maximum Gasteiger partial charge on any atom is 0.417 e. The van der Waals surface area contributed by atoms with Crippen LogP contribution in [0.4, 0.5) is 13.2 Å². The Morgan fingerprint density at radius 2 is 1.68 bits per heavy atom. The molecule has 1 aromatic heterocycles. The van der Waals surface area contributed by atoms with E-state index in [2.05, 4.69) is 4.98 Å². The molecule has 1 aliphatic heterocycles. The molecule has 172 valence electrons. The van der Waals surface area contributed by atoms with Gasteiger partial charge in [0.15, 0.2) is 0 Å². The molecule has 1 aliphatic rings. The zero-order valence-electron chi connectivity index (χ0n) is 18.1. The van der Waals surface area contributed by atoms with Crippen LogP contribution in [0.3, 0.4) is 0 Å². The van der Waals surface area contributed by atoms with Crippen molar-refractivity contribution in [3.05, 3.63) is 107 Å². The van der Waals surface area contributed by atoms with Gasteiger partial charge in [0.2, 0.25) is 5.88 Å². The fourth-order valence-corrected chi connectivity index (χ4v) is 4.36. The Kier molecular flexibility index (Phi) is 5.69. The van der Waals surface area contributed by atoms with Crippen molar-refractivity contribution in [2.75, 3.05) is 6.61 Å². The quantitative estimate of drug-likeness (QED) is 0.379. The molecule has 4 nitrogen and oxygen atoms in total. The van der Waals surface area contributed by atoms with Crippen LogP contribution in [-0.4, -0.2) is 28.4 Å². The highest BCUT2D eigenvalue weighted by molar-refractivity contribution is 6.07. The number of hydrogen-bond acceptors (Lipinski definition) is 3. The van der Waals surface area contributed by atoms with Gasteiger partial charge in [0.05, 0.1) is 11.6 Å². The van der Waals surface area contributed by atoms with Crippen molar-refractivity contribution in [2.24, 2.45) is 0 Å². The third kappa shape index (κ3) is 4.33. The summed E-state index contributed by atoms with van der Waals surface area (Å²) in [6.07, 6.45) is -3.13. The second-order valence-corrected chi connectivity index (χ2v) is 8.28. The fraction of sp³-hybridized carbons (Fsp3) is 0.185. The molecule has 0 spiro atoms. The van der Waals surface area contributed by atoms with E-state index in [4.69, 9.17) is 4.74 Å². The predicted octanol–water partition coefficient (Wildman–Crippen LogP) is 5.90. The standard InChI is InChI=1S/C27H21F3N2O2/c28-27(29,30)21-12-13-25(31-15-21)34-17-22-14-19-7-1-2-8-20(19)16-32(22)26(33)24-11-5-9-18-6-3-4-10-23(18)24/h1-13,15,22H,14,16-17H2. The summed E-state index contributed by atoms with van der Waals surface area (Å²) in [5, 5.41) is 1.85. The van der Waals surface area contributed by atoms with Crippen LogP contribution in [-0.2, 0) is 19.1 Å². The monoisotopic (exact) mass is 462 g/mol. The van der Waals surface area contributed by atoms with E-state index < -0.39 is 11.7 Å². The Morgan fingerprint density at radius 1 is 0.941 bits per heavy atom. The van der Waals surface area contributed by atoms with Crippen LogP contribution in [0.15, 0.2) is 85.1 Å². The van der Waals surface area contributed by atoms with Crippen LogP contribution in [0.5, 0.6) is 5.88 Å². The lowest BCUT2D eigenvalue weighted by Crippen LogP contribution is -2.47. The van der Waals surface area contributed by atoms with Gasteiger partial charge >= 0.3 is 6.18 Å². The normalized spacial score (nSPS) is 15.7. The van der Waals surface area contributed by atoms with Crippen LogP contribution in [0, 0.1) is 0 Å². The van der Waals surface area contributed by atoms with Gasteiger partial charge < -0.3 is 9.64 Å². The summed E-state index contributed by atoms with van der Waals surface area (Å²) in [5.74, 6) is -0.0234. The average molecular weight is 462 g/mol. The topological polar surface area (TPSA) is 42.4 Å². The molecule has 0 aliphatic carbocycles. The molecule has 3 aromatic carbocycles. The van der Waals surface area contributed by atoms with Gasteiger partial charge in [-0.2, -0.15) is 13.2 Å². The number of ether oxygens (including phenoxy) is 1. The molecule has 0 N–H and O–H groups in total. The minimum absolute atomic E-state index is 0.0874. The number of rotatable bonds is 4. The van der Waals surface area contributed by atoms with E-state index in [1.807, 2.05) is 66.7 Å². The van der Waals surface area contributed by atoms with Crippen molar-refractivity contribution >= 4 is 16.7 Å². The van der Waals surface area contributed by atoms with Crippen molar-refractivity contribution in [1.29, 1.82) is 0 Å². The average Bonchev–Trinajstić information content (AvgIpc) is 2.86.